The van der Waals surface area contributed by atoms with Gasteiger partial charge in [-0.25, -0.2) is 8.78 Å². The highest BCUT2D eigenvalue weighted by Crippen LogP contribution is 2.30. The molecule has 0 fully saturated rings. The second-order valence-corrected chi connectivity index (χ2v) is 5.69. The van der Waals surface area contributed by atoms with E-state index in [1.54, 1.807) is 0 Å². The van der Waals surface area contributed by atoms with Crippen molar-refractivity contribution in [2.75, 3.05) is 10.6 Å². The number of amides is 1. The Bertz CT molecular complexity index is 746. The SMILES string of the molecule is CCC(Nc1ccc2c(c1)NC(=O)CC2)c1cc(F)ccc1F. The number of halogens is 2. The Hall–Kier alpha value is -2.43. The average molecular weight is 316 g/mol. The molecule has 0 saturated carbocycles. The molecule has 0 saturated heterocycles. The first-order valence-electron chi connectivity index (χ1n) is 7.71. The number of carbonyl (C=O) groups excluding carboxylic acids is 1. The van der Waals surface area contributed by atoms with E-state index >= 15 is 0 Å². The quantitative estimate of drug-likeness (QED) is 0.877. The molecule has 1 aliphatic heterocycles. The third-order valence-corrected chi connectivity index (χ3v) is 4.09. The van der Waals surface area contributed by atoms with Crippen LogP contribution in [0.2, 0.25) is 0 Å². The molecule has 0 spiro atoms. The van der Waals surface area contributed by atoms with Crippen LogP contribution >= 0.6 is 0 Å². The van der Waals surface area contributed by atoms with Crippen molar-refractivity contribution in [3.05, 3.63) is 59.2 Å². The monoisotopic (exact) mass is 316 g/mol. The lowest BCUT2D eigenvalue weighted by atomic mass is 10.0. The van der Waals surface area contributed by atoms with Crippen molar-refractivity contribution in [2.45, 2.75) is 32.2 Å². The number of carbonyl (C=O) groups is 1. The number of hydrogen-bond donors (Lipinski definition) is 2. The van der Waals surface area contributed by atoms with Gasteiger partial charge in [-0.2, -0.15) is 0 Å². The van der Waals surface area contributed by atoms with Crippen LogP contribution in [0.5, 0.6) is 0 Å². The standard InChI is InChI=1S/C18H18F2N2O/c1-2-16(14-9-12(19)5-7-15(14)20)21-13-6-3-11-4-8-18(23)22-17(11)10-13/h3,5-7,9-10,16,21H,2,4,8H2,1H3,(H,22,23). The maximum absolute atomic E-state index is 14.0. The Kier molecular flexibility index (Phi) is 4.28. The molecule has 3 nitrogen and oxygen atoms in total. The molecule has 2 aromatic rings. The van der Waals surface area contributed by atoms with Crippen LogP contribution in [0, 0.1) is 11.6 Å². The Labute approximate surface area is 133 Å². The molecular formula is C18H18F2N2O. The zero-order valence-corrected chi connectivity index (χ0v) is 12.8. The Morgan fingerprint density at radius 3 is 2.78 bits per heavy atom. The third-order valence-electron chi connectivity index (χ3n) is 4.09. The van der Waals surface area contributed by atoms with Gasteiger partial charge in [0.15, 0.2) is 0 Å². The highest BCUT2D eigenvalue weighted by molar-refractivity contribution is 5.94. The zero-order valence-electron chi connectivity index (χ0n) is 12.8. The van der Waals surface area contributed by atoms with Crippen LogP contribution in [0.25, 0.3) is 0 Å². The molecule has 3 rings (SSSR count). The molecular weight excluding hydrogens is 298 g/mol. The van der Waals surface area contributed by atoms with E-state index in [-0.39, 0.29) is 11.9 Å². The van der Waals surface area contributed by atoms with Gasteiger partial charge in [0, 0.05) is 23.4 Å². The molecule has 1 heterocycles. The number of aryl methyl sites for hydroxylation is 1. The largest absolute Gasteiger partial charge is 0.378 e. The lowest BCUT2D eigenvalue weighted by molar-refractivity contribution is -0.116. The molecule has 2 N–H and O–H groups in total. The van der Waals surface area contributed by atoms with Crippen molar-refractivity contribution in [3.63, 3.8) is 0 Å². The summed E-state index contributed by atoms with van der Waals surface area (Å²) in [4.78, 5) is 11.5. The van der Waals surface area contributed by atoms with E-state index in [1.165, 1.54) is 6.07 Å². The summed E-state index contributed by atoms with van der Waals surface area (Å²) in [7, 11) is 0. The maximum atomic E-state index is 14.0. The molecule has 0 aromatic heterocycles. The Morgan fingerprint density at radius 1 is 1.17 bits per heavy atom. The predicted octanol–water partition coefficient (Wildman–Crippen LogP) is 4.41. The first-order chi connectivity index (χ1) is 11.1. The van der Waals surface area contributed by atoms with Crippen molar-refractivity contribution in [2.24, 2.45) is 0 Å². The van der Waals surface area contributed by atoms with Crippen LogP contribution in [0.1, 0.15) is 36.9 Å². The van der Waals surface area contributed by atoms with E-state index < -0.39 is 11.6 Å². The number of hydrogen-bond acceptors (Lipinski definition) is 2. The van der Waals surface area contributed by atoms with Gasteiger partial charge >= 0.3 is 0 Å². The fourth-order valence-corrected chi connectivity index (χ4v) is 2.84. The summed E-state index contributed by atoms with van der Waals surface area (Å²) in [6.07, 6.45) is 1.81. The second-order valence-electron chi connectivity index (χ2n) is 5.69. The molecule has 23 heavy (non-hydrogen) atoms. The van der Waals surface area contributed by atoms with Crippen LogP contribution in [0.3, 0.4) is 0 Å². The molecule has 0 bridgehead atoms. The molecule has 0 radical (unpaired) electrons. The minimum atomic E-state index is -0.459. The number of rotatable bonds is 4. The van der Waals surface area contributed by atoms with E-state index in [9.17, 15) is 13.6 Å². The van der Waals surface area contributed by atoms with Crippen LogP contribution in [-0.4, -0.2) is 5.91 Å². The number of anilines is 2. The van der Waals surface area contributed by atoms with Crippen LogP contribution in [0.4, 0.5) is 20.2 Å². The summed E-state index contributed by atoms with van der Waals surface area (Å²) in [6.45, 7) is 1.90. The van der Waals surface area contributed by atoms with E-state index in [0.29, 0.717) is 18.4 Å². The van der Waals surface area contributed by atoms with E-state index in [2.05, 4.69) is 10.6 Å². The minimum Gasteiger partial charge on any atom is -0.378 e. The molecule has 1 atom stereocenters. The molecule has 5 heteroatoms. The summed E-state index contributed by atoms with van der Waals surface area (Å²) < 4.78 is 27.4. The van der Waals surface area contributed by atoms with Crippen molar-refractivity contribution in [1.82, 2.24) is 0 Å². The molecule has 2 aromatic carbocycles. The first-order valence-corrected chi connectivity index (χ1v) is 7.71. The van der Waals surface area contributed by atoms with Gasteiger partial charge in [-0.1, -0.05) is 13.0 Å². The normalized spacial score (nSPS) is 14.8. The second kappa shape index (κ2) is 6.36. The summed E-state index contributed by atoms with van der Waals surface area (Å²) in [6, 6.07) is 8.82. The molecule has 120 valence electrons. The van der Waals surface area contributed by atoms with Gasteiger partial charge in [0.25, 0.3) is 0 Å². The van der Waals surface area contributed by atoms with Gasteiger partial charge in [0.2, 0.25) is 5.91 Å². The fourth-order valence-electron chi connectivity index (χ4n) is 2.84. The number of benzene rings is 2. The number of nitrogens with one attached hydrogen (secondary N) is 2. The lowest BCUT2D eigenvalue weighted by Gasteiger charge is -2.22. The van der Waals surface area contributed by atoms with Crippen LogP contribution in [-0.2, 0) is 11.2 Å². The fraction of sp³-hybridized carbons (Fsp3) is 0.278. The Morgan fingerprint density at radius 2 is 2.00 bits per heavy atom. The van der Waals surface area contributed by atoms with Crippen LogP contribution in [0.15, 0.2) is 36.4 Å². The van der Waals surface area contributed by atoms with Gasteiger partial charge in [0.05, 0.1) is 6.04 Å². The average Bonchev–Trinajstić information content (AvgIpc) is 2.54. The highest BCUT2D eigenvalue weighted by Gasteiger charge is 2.18. The number of fused-ring (bicyclic) bond motifs is 1. The van der Waals surface area contributed by atoms with E-state index in [1.807, 2.05) is 25.1 Å². The topological polar surface area (TPSA) is 41.1 Å². The first kappa shape index (κ1) is 15.5. The van der Waals surface area contributed by atoms with Gasteiger partial charge < -0.3 is 10.6 Å². The lowest BCUT2D eigenvalue weighted by Crippen LogP contribution is -2.19. The van der Waals surface area contributed by atoms with Crippen molar-refractivity contribution >= 4 is 17.3 Å². The summed E-state index contributed by atoms with van der Waals surface area (Å²) >= 11 is 0. The molecule has 1 amide bonds. The molecule has 1 aliphatic rings. The Balaban J connectivity index is 1.86. The molecule has 0 aliphatic carbocycles. The third kappa shape index (κ3) is 3.33. The van der Waals surface area contributed by atoms with Gasteiger partial charge in [-0.05, 0) is 48.7 Å². The van der Waals surface area contributed by atoms with Crippen molar-refractivity contribution in [3.8, 4) is 0 Å². The van der Waals surface area contributed by atoms with Crippen molar-refractivity contribution in [1.29, 1.82) is 0 Å². The van der Waals surface area contributed by atoms with Crippen molar-refractivity contribution < 1.29 is 13.6 Å². The molecule has 1 unspecified atom stereocenters. The van der Waals surface area contributed by atoms with E-state index in [0.717, 1.165) is 35.5 Å². The summed E-state index contributed by atoms with van der Waals surface area (Å²) in [5.74, 6) is -0.894. The van der Waals surface area contributed by atoms with E-state index in [4.69, 9.17) is 0 Å². The smallest absolute Gasteiger partial charge is 0.224 e. The van der Waals surface area contributed by atoms with Gasteiger partial charge in [-0.3, -0.25) is 4.79 Å². The van der Waals surface area contributed by atoms with Gasteiger partial charge in [-0.15, -0.1) is 0 Å². The highest BCUT2D eigenvalue weighted by atomic mass is 19.1. The summed E-state index contributed by atoms with van der Waals surface area (Å²) in [5, 5.41) is 6.06. The predicted molar refractivity (Wildman–Crippen MR) is 86.4 cm³/mol. The minimum absolute atomic E-state index is 0.00198. The summed E-state index contributed by atoms with van der Waals surface area (Å²) in [5.41, 5.74) is 2.93. The maximum Gasteiger partial charge on any atom is 0.224 e. The van der Waals surface area contributed by atoms with Gasteiger partial charge in [0.1, 0.15) is 11.6 Å². The van der Waals surface area contributed by atoms with Crippen LogP contribution < -0.4 is 10.6 Å². The zero-order chi connectivity index (χ0) is 16.4.